The van der Waals surface area contributed by atoms with E-state index in [0.717, 1.165) is 83.5 Å². The van der Waals surface area contributed by atoms with Crippen LogP contribution in [0.2, 0.25) is 0 Å². The zero-order valence-electron chi connectivity index (χ0n) is 37.6. The van der Waals surface area contributed by atoms with Crippen LogP contribution in [0.25, 0.3) is 0 Å². The Morgan fingerprint density at radius 3 is 1.65 bits per heavy atom. The number of aliphatic hydroxyl groups excluding tert-OH is 3. The van der Waals surface area contributed by atoms with Crippen LogP contribution < -0.4 is 0 Å². The highest BCUT2D eigenvalue weighted by atomic mass is 32.3. The molecule has 1 aliphatic heterocycles. The third-order valence-corrected chi connectivity index (χ3v) is 10.2. The first-order chi connectivity index (χ1) is 30.1. The zero-order chi connectivity index (χ0) is 45.4. The Labute approximate surface area is 374 Å². The highest BCUT2D eigenvalue weighted by Gasteiger charge is 2.48. The van der Waals surface area contributed by atoms with Gasteiger partial charge >= 0.3 is 16.4 Å². The zero-order valence-corrected chi connectivity index (χ0v) is 38.5. The largest absolute Gasteiger partial charge is 0.457 e. The fourth-order valence-electron chi connectivity index (χ4n) is 6.23. The van der Waals surface area contributed by atoms with E-state index in [0.29, 0.717) is 19.4 Å². The summed E-state index contributed by atoms with van der Waals surface area (Å²) in [5, 5.41) is 30.6. The molecule has 0 aliphatic carbocycles. The molecule has 4 N–H and O–H groups in total. The minimum absolute atomic E-state index is 0.00177. The number of carbonyl (C=O) groups is 1. The van der Waals surface area contributed by atoms with Crippen LogP contribution in [0.1, 0.15) is 142 Å². The van der Waals surface area contributed by atoms with Crippen molar-refractivity contribution in [2.45, 2.75) is 179 Å². The molecule has 0 aromatic rings. The van der Waals surface area contributed by atoms with Crippen molar-refractivity contribution < 1.29 is 56.2 Å². The Morgan fingerprint density at radius 1 is 0.629 bits per heavy atom. The maximum absolute atomic E-state index is 12.8. The molecule has 1 rings (SSSR count). The maximum Gasteiger partial charge on any atom is 0.397 e. The summed E-state index contributed by atoms with van der Waals surface area (Å²) in [4.78, 5) is 12.8. The van der Waals surface area contributed by atoms with E-state index in [2.05, 4.69) is 109 Å². The summed E-state index contributed by atoms with van der Waals surface area (Å²) in [6.07, 6.45) is 44.5. The molecule has 13 heteroatoms. The van der Waals surface area contributed by atoms with E-state index in [1.807, 2.05) is 6.08 Å². The van der Waals surface area contributed by atoms with Gasteiger partial charge in [-0.1, -0.05) is 150 Å². The van der Waals surface area contributed by atoms with E-state index in [1.165, 1.54) is 25.7 Å². The molecule has 0 amide bonds. The molecule has 0 saturated carbocycles. The Hall–Kier alpha value is -2.98. The van der Waals surface area contributed by atoms with Crippen LogP contribution >= 0.6 is 0 Å². The second-order valence-electron chi connectivity index (χ2n) is 15.3. The Balaban J connectivity index is 2.46. The van der Waals surface area contributed by atoms with Gasteiger partial charge in [0.1, 0.15) is 30.5 Å². The van der Waals surface area contributed by atoms with Crippen LogP contribution in [0.4, 0.5) is 0 Å². The number of ether oxygens (including phenoxy) is 4. The van der Waals surface area contributed by atoms with E-state index in [1.54, 1.807) is 0 Å². The van der Waals surface area contributed by atoms with Gasteiger partial charge in [0.25, 0.3) is 0 Å². The second-order valence-corrected chi connectivity index (χ2v) is 16.3. The van der Waals surface area contributed by atoms with Crippen molar-refractivity contribution in [2.75, 3.05) is 26.4 Å². The van der Waals surface area contributed by atoms with Crippen molar-refractivity contribution >= 4 is 16.4 Å². The average molecular weight is 893 g/mol. The second kappa shape index (κ2) is 39.6. The van der Waals surface area contributed by atoms with Crippen LogP contribution in [0.3, 0.4) is 0 Å². The standard InChI is InChI=1S/C49H80O12S/c1-3-5-7-9-11-13-15-17-18-19-20-21-22-23-24-25-26-27-28-30-32-34-36-38-45(51)59-43(41-57-39-37-35-33-31-29-16-14-12-10-8-6-4-2)42-58-49-47(53)48(61-62(54,55)56)46(52)44(40-50)60-49/h5,7,10-13,17-18,20-21,23-24,26-27,30,32,43-44,46-50,52-53H,3-4,6,8-9,14-16,19,22,25,28-29,31,33-42H2,1-2H3,(H,54,55,56)/b7-5-,12-10-,13-11-,18-17-,21-20-,24-23-,27-26-,32-30-. The van der Waals surface area contributed by atoms with E-state index in [9.17, 15) is 28.5 Å². The van der Waals surface area contributed by atoms with Crippen LogP contribution in [-0.4, -0.2) is 97.5 Å². The molecule has 62 heavy (non-hydrogen) atoms. The van der Waals surface area contributed by atoms with Crippen molar-refractivity contribution in [1.29, 1.82) is 0 Å². The molecular formula is C49H80O12S. The molecule has 0 aromatic heterocycles. The number of aliphatic hydroxyl groups is 3. The summed E-state index contributed by atoms with van der Waals surface area (Å²) in [5.74, 6) is -0.464. The molecule has 12 nitrogen and oxygen atoms in total. The molecule has 6 atom stereocenters. The van der Waals surface area contributed by atoms with Gasteiger partial charge in [0.15, 0.2) is 6.29 Å². The van der Waals surface area contributed by atoms with Gasteiger partial charge < -0.3 is 34.3 Å². The third-order valence-electron chi connectivity index (χ3n) is 9.69. The number of hydrogen-bond donors (Lipinski definition) is 4. The highest BCUT2D eigenvalue weighted by Crippen LogP contribution is 2.26. The molecule has 1 saturated heterocycles. The van der Waals surface area contributed by atoms with E-state index in [-0.39, 0.29) is 19.6 Å². The molecule has 1 heterocycles. The first-order valence-corrected chi connectivity index (χ1v) is 24.4. The van der Waals surface area contributed by atoms with Crippen LogP contribution in [0.5, 0.6) is 0 Å². The Kier molecular flexibility index (Phi) is 36.4. The van der Waals surface area contributed by atoms with E-state index in [4.69, 9.17) is 23.5 Å². The molecule has 354 valence electrons. The van der Waals surface area contributed by atoms with E-state index < -0.39 is 59.8 Å². The molecule has 0 radical (unpaired) electrons. The lowest BCUT2D eigenvalue weighted by Gasteiger charge is -2.41. The summed E-state index contributed by atoms with van der Waals surface area (Å²) in [6, 6.07) is 0. The molecule has 0 spiro atoms. The molecule has 0 aromatic carbocycles. The summed E-state index contributed by atoms with van der Waals surface area (Å²) in [6.45, 7) is 3.72. The van der Waals surface area contributed by atoms with Crippen molar-refractivity contribution in [3.63, 3.8) is 0 Å². The molecule has 1 aliphatic rings. The minimum atomic E-state index is -5.08. The first kappa shape index (κ1) is 57.0. The van der Waals surface area contributed by atoms with Crippen molar-refractivity contribution in [3.05, 3.63) is 97.2 Å². The quantitative estimate of drug-likeness (QED) is 0.0200. The van der Waals surface area contributed by atoms with Crippen LogP contribution in [-0.2, 0) is 38.3 Å². The monoisotopic (exact) mass is 893 g/mol. The lowest BCUT2D eigenvalue weighted by atomic mass is 9.99. The SMILES string of the molecule is CC/C=C\C/C=C\C/C=C\C/C=C\C/C=C\C/C=C\C/C=C\CCCC(=O)OC(COCCCCCCCC/C=C\CCCC)COC1OC(CO)C(O)C(OS(=O)(=O)O)C1O. The lowest BCUT2D eigenvalue weighted by molar-refractivity contribution is -0.301. The van der Waals surface area contributed by atoms with Gasteiger partial charge in [0, 0.05) is 13.0 Å². The molecular weight excluding hydrogens is 813 g/mol. The van der Waals surface area contributed by atoms with Crippen molar-refractivity contribution in [1.82, 2.24) is 0 Å². The van der Waals surface area contributed by atoms with Gasteiger partial charge in [-0.2, -0.15) is 8.42 Å². The third kappa shape index (κ3) is 32.7. The van der Waals surface area contributed by atoms with Gasteiger partial charge in [0.05, 0.1) is 19.8 Å². The number of allylic oxidation sites excluding steroid dienone is 16. The predicted octanol–water partition coefficient (Wildman–Crippen LogP) is 9.85. The maximum atomic E-state index is 12.8. The average Bonchev–Trinajstić information content (AvgIpc) is 3.24. The summed E-state index contributed by atoms with van der Waals surface area (Å²) < 4.78 is 58.9. The number of rotatable bonds is 38. The highest BCUT2D eigenvalue weighted by molar-refractivity contribution is 7.80. The molecule has 6 unspecified atom stereocenters. The Morgan fingerprint density at radius 2 is 1.11 bits per heavy atom. The molecule has 0 bridgehead atoms. The van der Waals surface area contributed by atoms with Crippen molar-refractivity contribution in [2.24, 2.45) is 0 Å². The fourth-order valence-corrected chi connectivity index (χ4v) is 6.74. The van der Waals surface area contributed by atoms with Crippen LogP contribution in [0.15, 0.2) is 97.2 Å². The predicted molar refractivity (Wildman–Crippen MR) is 248 cm³/mol. The van der Waals surface area contributed by atoms with Crippen LogP contribution in [0, 0.1) is 0 Å². The lowest BCUT2D eigenvalue weighted by Crippen LogP contribution is -2.60. The number of hydrogen-bond acceptors (Lipinski definition) is 11. The Bertz CT molecular complexity index is 1450. The van der Waals surface area contributed by atoms with Gasteiger partial charge in [-0.05, 0) is 83.5 Å². The van der Waals surface area contributed by atoms with Crippen molar-refractivity contribution in [3.8, 4) is 0 Å². The van der Waals surface area contributed by atoms with Gasteiger partial charge in [-0.3, -0.25) is 9.35 Å². The normalized spacial score (nSPS) is 20.9. The number of esters is 1. The summed E-state index contributed by atoms with van der Waals surface area (Å²) in [7, 11) is -5.08. The van der Waals surface area contributed by atoms with E-state index >= 15 is 0 Å². The topological polar surface area (TPSA) is 178 Å². The number of carbonyl (C=O) groups excluding carboxylic acids is 1. The van der Waals surface area contributed by atoms with Gasteiger partial charge in [-0.15, -0.1) is 0 Å². The summed E-state index contributed by atoms with van der Waals surface area (Å²) in [5.41, 5.74) is 0. The summed E-state index contributed by atoms with van der Waals surface area (Å²) >= 11 is 0. The van der Waals surface area contributed by atoms with Gasteiger partial charge in [-0.25, -0.2) is 4.18 Å². The number of unbranched alkanes of at least 4 members (excludes halogenated alkanes) is 9. The molecule has 1 fully saturated rings. The first-order valence-electron chi connectivity index (χ1n) is 23.0. The fraction of sp³-hybridized carbons (Fsp3) is 0.653. The smallest absolute Gasteiger partial charge is 0.397 e. The van der Waals surface area contributed by atoms with Gasteiger partial charge in [0.2, 0.25) is 0 Å². The minimum Gasteiger partial charge on any atom is -0.457 e.